The number of carbonyl (C=O) groups is 1. The molecule has 0 spiro atoms. The first-order chi connectivity index (χ1) is 9.69. The topological polar surface area (TPSA) is 64.2 Å². The van der Waals surface area contributed by atoms with Crippen LogP contribution in [0.3, 0.4) is 0 Å². The Morgan fingerprint density at radius 1 is 1.35 bits per heavy atom. The van der Waals surface area contributed by atoms with Crippen LogP contribution in [0.2, 0.25) is 0 Å². The van der Waals surface area contributed by atoms with Crippen molar-refractivity contribution in [2.45, 2.75) is 64.6 Å². The summed E-state index contributed by atoms with van der Waals surface area (Å²) in [6.45, 7) is 5.88. The molecule has 1 aromatic heterocycles. The molecule has 20 heavy (non-hydrogen) atoms. The molecule has 2 heterocycles. The third-order valence-electron chi connectivity index (χ3n) is 3.94. The Hall–Kier alpha value is -1.36. The molecule has 0 radical (unpaired) electrons. The van der Waals surface area contributed by atoms with Gasteiger partial charge in [0, 0.05) is 31.7 Å². The van der Waals surface area contributed by atoms with Crippen LogP contribution in [0.25, 0.3) is 0 Å². The average Bonchev–Trinajstić information content (AvgIpc) is 2.81. The van der Waals surface area contributed by atoms with Gasteiger partial charge in [0.1, 0.15) is 0 Å². The normalized spacial score (nSPS) is 23.9. The third-order valence-corrected chi connectivity index (χ3v) is 3.94. The third kappa shape index (κ3) is 3.03. The number of hydrogen-bond acceptors (Lipinski definition) is 3. The van der Waals surface area contributed by atoms with E-state index in [2.05, 4.69) is 18.9 Å². The summed E-state index contributed by atoms with van der Waals surface area (Å²) in [5, 5.41) is 4.39. The minimum absolute atomic E-state index is 0.000283. The van der Waals surface area contributed by atoms with Gasteiger partial charge in [-0.25, -0.2) is 0 Å². The quantitative estimate of drug-likeness (QED) is 0.897. The van der Waals surface area contributed by atoms with E-state index in [0.29, 0.717) is 6.42 Å². The van der Waals surface area contributed by atoms with Crippen molar-refractivity contribution in [3.8, 4) is 0 Å². The molecule has 0 bridgehead atoms. The van der Waals surface area contributed by atoms with Crippen LogP contribution in [-0.2, 0) is 11.3 Å². The molecule has 1 aliphatic rings. The molecule has 1 aliphatic heterocycles. The molecule has 1 aromatic rings. The lowest BCUT2D eigenvalue weighted by Crippen LogP contribution is -2.43. The van der Waals surface area contributed by atoms with Crippen molar-refractivity contribution in [2.24, 2.45) is 5.73 Å². The summed E-state index contributed by atoms with van der Waals surface area (Å²) in [5.41, 5.74) is 7.47. The molecular weight excluding hydrogens is 252 g/mol. The summed E-state index contributed by atoms with van der Waals surface area (Å²) in [6.07, 6.45) is 6.20. The number of carbonyl (C=O) groups excluding carboxylic acids is 1. The number of nitrogens with zero attached hydrogens (tertiary/aromatic N) is 3. The summed E-state index contributed by atoms with van der Waals surface area (Å²) < 4.78 is 2.01. The summed E-state index contributed by atoms with van der Waals surface area (Å²) in [7, 11) is 0. The number of rotatable bonds is 5. The fourth-order valence-corrected chi connectivity index (χ4v) is 3.05. The first-order valence-electron chi connectivity index (χ1n) is 7.75. The standard InChI is InChI=1S/C15H26N4O/c1-3-10-18-14(20)7-5-6-12(16)15(18)13-8-9-17-19(13)11-4-2/h8-9,12,15H,3-7,10-11,16H2,1-2H3. The van der Waals surface area contributed by atoms with E-state index >= 15 is 0 Å². The molecule has 0 aromatic carbocycles. The van der Waals surface area contributed by atoms with Crippen molar-refractivity contribution >= 4 is 5.91 Å². The van der Waals surface area contributed by atoms with Crippen LogP contribution in [-0.4, -0.2) is 33.2 Å². The molecule has 1 saturated heterocycles. The lowest BCUT2D eigenvalue weighted by Gasteiger charge is -2.33. The Balaban J connectivity index is 2.35. The van der Waals surface area contributed by atoms with Crippen LogP contribution in [0.4, 0.5) is 0 Å². The monoisotopic (exact) mass is 278 g/mol. The van der Waals surface area contributed by atoms with Crippen LogP contribution in [0, 0.1) is 0 Å². The number of likely N-dealkylation sites (tertiary alicyclic amines) is 1. The lowest BCUT2D eigenvalue weighted by atomic mass is 10.0. The van der Waals surface area contributed by atoms with E-state index in [4.69, 9.17) is 5.73 Å². The highest BCUT2D eigenvalue weighted by molar-refractivity contribution is 5.77. The van der Waals surface area contributed by atoms with Gasteiger partial charge in [-0.15, -0.1) is 0 Å². The molecule has 5 nitrogen and oxygen atoms in total. The molecule has 2 unspecified atom stereocenters. The van der Waals surface area contributed by atoms with Crippen molar-refractivity contribution < 1.29 is 4.79 Å². The van der Waals surface area contributed by atoms with Gasteiger partial charge in [-0.3, -0.25) is 9.48 Å². The molecule has 0 saturated carbocycles. The molecular formula is C15H26N4O. The first-order valence-corrected chi connectivity index (χ1v) is 7.75. The van der Waals surface area contributed by atoms with Crippen LogP contribution in [0.15, 0.2) is 12.3 Å². The van der Waals surface area contributed by atoms with Crippen molar-refractivity contribution in [3.63, 3.8) is 0 Å². The zero-order valence-corrected chi connectivity index (χ0v) is 12.6. The van der Waals surface area contributed by atoms with Crippen LogP contribution < -0.4 is 5.73 Å². The maximum Gasteiger partial charge on any atom is 0.223 e. The maximum absolute atomic E-state index is 12.4. The van der Waals surface area contributed by atoms with Gasteiger partial charge >= 0.3 is 0 Å². The minimum Gasteiger partial charge on any atom is -0.333 e. The summed E-state index contributed by atoms with van der Waals surface area (Å²) in [6, 6.07) is 1.99. The Kier molecular flexibility index (Phi) is 5.17. The molecule has 1 amide bonds. The highest BCUT2D eigenvalue weighted by atomic mass is 16.2. The minimum atomic E-state index is -0.0287. The van der Waals surface area contributed by atoms with Crippen molar-refractivity contribution in [2.75, 3.05) is 6.54 Å². The molecule has 0 aliphatic carbocycles. The van der Waals surface area contributed by atoms with Crippen molar-refractivity contribution in [1.29, 1.82) is 0 Å². The summed E-state index contributed by atoms with van der Waals surface area (Å²) in [5.74, 6) is 0.231. The van der Waals surface area contributed by atoms with Gasteiger partial charge in [0.15, 0.2) is 0 Å². The van der Waals surface area contributed by atoms with E-state index in [-0.39, 0.29) is 18.0 Å². The average molecular weight is 278 g/mol. The predicted molar refractivity (Wildman–Crippen MR) is 79.1 cm³/mol. The Bertz CT molecular complexity index is 443. The maximum atomic E-state index is 12.4. The van der Waals surface area contributed by atoms with Gasteiger partial charge in [0.25, 0.3) is 0 Å². The number of hydrogen-bond donors (Lipinski definition) is 1. The number of nitrogens with two attached hydrogens (primary N) is 1. The van der Waals surface area contributed by atoms with E-state index in [0.717, 1.165) is 44.5 Å². The molecule has 2 N–H and O–H groups in total. The largest absolute Gasteiger partial charge is 0.333 e. The first kappa shape index (κ1) is 15.0. The van der Waals surface area contributed by atoms with E-state index in [9.17, 15) is 4.79 Å². The van der Waals surface area contributed by atoms with Crippen LogP contribution >= 0.6 is 0 Å². The fourth-order valence-electron chi connectivity index (χ4n) is 3.05. The Morgan fingerprint density at radius 2 is 2.10 bits per heavy atom. The smallest absolute Gasteiger partial charge is 0.223 e. The second-order valence-corrected chi connectivity index (χ2v) is 5.57. The highest BCUT2D eigenvalue weighted by Crippen LogP contribution is 2.30. The Morgan fingerprint density at radius 3 is 2.80 bits per heavy atom. The van der Waals surface area contributed by atoms with Crippen LogP contribution in [0.5, 0.6) is 0 Å². The summed E-state index contributed by atoms with van der Waals surface area (Å²) in [4.78, 5) is 14.3. The summed E-state index contributed by atoms with van der Waals surface area (Å²) >= 11 is 0. The van der Waals surface area contributed by atoms with Gasteiger partial charge in [0.2, 0.25) is 5.91 Å². The molecule has 1 fully saturated rings. The van der Waals surface area contributed by atoms with E-state index in [1.54, 1.807) is 0 Å². The van der Waals surface area contributed by atoms with E-state index < -0.39 is 0 Å². The van der Waals surface area contributed by atoms with E-state index in [1.165, 1.54) is 0 Å². The molecule has 5 heteroatoms. The second kappa shape index (κ2) is 6.88. The molecule has 112 valence electrons. The zero-order chi connectivity index (χ0) is 14.5. The molecule has 2 rings (SSSR count). The highest BCUT2D eigenvalue weighted by Gasteiger charge is 2.34. The number of aromatic nitrogens is 2. The van der Waals surface area contributed by atoms with Crippen molar-refractivity contribution in [1.82, 2.24) is 14.7 Å². The fraction of sp³-hybridized carbons (Fsp3) is 0.733. The van der Waals surface area contributed by atoms with Gasteiger partial charge in [-0.05, 0) is 31.7 Å². The van der Waals surface area contributed by atoms with Crippen LogP contribution in [0.1, 0.15) is 57.7 Å². The van der Waals surface area contributed by atoms with Gasteiger partial charge in [-0.2, -0.15) is 5.10 Å². The SMILES string of the molecule is CCCN1C(=O)CCCC(N)C1c1ccnn1CCC. The number of amides is 1. The van der Waals surface area contributed by atoms with Crippen molar-refractivity contribution in [3.05, 3.63) is 18.0 Å². The zero-order valence-electron chi connectivity index (χ0n) is 12.6. The Labute approximate surface area is 121 Å². The lowest BCUT2D eigenvalue weighted by molar-refractivity contribution is -0.133. The number of aryl methyl sites for hydroxylation is 1. The van der Waals surface area contributed by atoms with Gasteiger partial charge in [-0.1, -0.05) is 13.8 Å². The van der Waals surface area contributed by atoms with E-state index in [1.807, 2.05) is 21.8 Å². The second-order valence-electron chi connectivity index (χ2n) is 5.57. The van der Waals surface area contributed by atoms with Gasteiger partial charge < -0.3 is 10.6 Å². The predicted octanol–water partition coefficient (Wildman–Crippen LogP) is 2.08. The van der Waals surface area contributed by atoms with Gasteiger partial charge in [0.05, 0.1) is 11.7 Å². The molecule has 2 atom stereocenters.